The van der Waals surface area contributed by atoms with Crippen LogP contribution in [0.2, 0.25) is 0 Å². The van der Waals surface area contributed by atoms with Gasteiger partial charge in [-0.1, -0.05) is 25.1 Å². The molecule has 0 amide bonds. The molecule has 0 saturated carbocycles. The lowest BCUT2D eigenvalue weighted by molar-refractivity contribution is -0.145. The third kappa shape index (κ3) is 5.78. The fourth-order valence-electron chi connectivity index (χ4n) is 1.60. The van der Waals surface area contributed by atoms with Crippen molar-refractivity contribution in [3.63, 3.8) is 0 Å². The van der Waals surface area contributed by atoms with Gasteiger partial charge in [-0.25, -0.2) is 4.79 Å². The number of aryl methyl sites for hydroxylation is 1. The van der Waals surface area contributed by atoms with E-state index in [2.05, 4.69) is 6.92 Å². The van der Waals surface area contributed by atoms with E-state index in [1.807, 2.05) is 31.2 Å². The fraction of sp³-hybridized carbons (Fsp3) is 0.438. The minimum Gasteiger partial charge on any atom is -0.493 e. The molecule has 20 heavy (non-hydrogen) atoms. The summed E-state index contributed by atoms with van der Waals surface area (Å²) in [5.74, 6) is 0.780. The summed E-state index contributed by atoms with van der Waals surface area (Å²) in [5.41, 5.74) is 1.07. The standard InChI is InChI=1S/C16H22O4/c1-4-5-6-7-10-19-16(17)12-20-14-9-8-13(2)11-15(14)18-3/h5-6,8-9,11H,4,7,10,12H2,1-3H3/b6-5+. The smallest absolute Gasteiger partial charge is 0.344 e. The molecule has 0 aliphatic rings. The molecule has 0 fully saturated rings. The second-order valence-corrected chi connectivity index (χ2v) is 4.33. The lowest BCUT2D eigenvalue weighted by atomic mass is 10.2. The molecular formula is C16H22O4. The van der Waals surface area contributed by atoms with E-state index in [-0.39, 0.29) is 12.6 Å². The molecular weight excluding hydrogens is 256 g/mol. The van der Waals surface area contributed by atoms with E-state index in [0.29, 0.717) is 18.1 Å². The first-order chi connectivity index (χ1) is 9.67. The van der Waals surface area contributed by atoms with Crippen molar-refractivity contribution in [2.24, 2.45) is 0 Å². The van der Waals surface area contributed by atoms with Crippen LogP contribution in [-0.4, -0.2) is 26.3 Å². The number of esters is 1. The van der Waals surface area contributed by atoms with Crippen LogP contribution in [0.5, 0.6) is 11.5 Å². The van der Waals surface area contributed by atoms with Crippen LogP contribution < -0.4 is 9.47 Å². The number of benzene rings is 1. The van der Waals surface area contributed by atoms with Crippen molar-refractivity contribution in [3.8, 4) is 11.5 Å². The Morgan fingerprint density at radius 3 is 2.75 bits per heavy atom. The zero-order valence-electron chi connectivity index (χ0n) is 12.3. The molecule has 0 atom stereocenters. The van der Waals surface area contributed by atoms with E-state index in [0.717, 1.165) is 18.4 Å². The zero-order chi connectivity index (χ0) is 14.8. The van der Waals surface area contributed by atoms with Crippen molar-refractivity contribution in [2.45, 2.75) is 26.7 Å². The van der Waals surface area contributed by atoms with Crippen LogP contribution in [-0.2, 0) is 9.53 Å². The summed E-state index contributed by atoms with van der Waals surface area (Å²) in [6.07, 6.45) is 5.76. The second-order valence-electron chi connectivity index (χ2n) is 4.33. The first kappa shape index (κ1) is 16.1. The van der Waals surface area contributed by atoms with Gasteiger partial charge in [0.15, 0.2) is 18.1 Å². The molecule has 0 radical (unpaired) electrons. The van der Waals surface area contributed by atoms with Gasteiger partial charge >= 0.3 is 5.97 Å². The average molecular weight is 278 g/mol. The Balaban J connectivity index is 2.35. The van der Waals surface area contributed by atoms with Gasteiger partial charge in [0.25, 0.3) is 0 Å². The maximum atomic E-state index is 11.5. The normalized spacial score (nSPS) is 10.6. The molecule has 0 aliphatic carbocycles. The Morgan fingerprint density at radius 2 is 2.05 bits per heavy atom. The topological polar surface area (TPSA) is 44.8 Å². The first-order valence-electron chi connectivity index (χ1n) is 6.75. The molecule has 0 N–H and O–H groups in total. The summed E-state index contributed by atoms with van der Waals surface area (Å²) in [5, 5.41) is 0. The number of hydrogen-bond acceptors (Lipinski definition) is 4. The van der Waals surface area contributed by atoms with E-state index in [4.69, 9.17) is 14.2 Å². The highest BCUT2D eigenvalue weighted by atomic mass is 16.6. The van der Waals surface area contributed by atoms with Crippen LogP contribution in [0, 0.1) is 6.92 Å². The number of carbonyl (C=O) groups excluding carboxylic acids is 1. The number of ether oxygens (including phenoxy) is 3. The molecule has 0 heterocycles. The number of allylic oxidation sites excluding steroid dienone is 1. The molecule has 110 valence electrons. The minimum absolute atomic E-state index is 0.114. The number of methoxy groups -OCH3 is 1. The van der Waals surface area contributed by atoms with Crippen LogP contribution in [0.1, 0.15) is 25.3 Å². The molecule has 4 heteroatoms. The number of carbonyl (C=O) groups is 1. The van der Waals surface area contributed by atoms with Crippen molar-refractivity contribution in [1.82, 2.24) is 0 Å². The first-order valence-corrected chi connectivity index (χ1v) is 6.75. The highest BCUT2D eigenvalue weighted by Crippen LogP contribution is 2.27. The number of hydrogen-bond donors (Lipinski definition) is 0. The van der Waals surface area contributed by atoms with Crippen molar-refractivity contribution < 1.29 is 19.0 Å². The van der Waals surface area contributed by atoms with Gasteiger partial charge in [0, 0.05) is 0 Å². The Kier molecular flexibility index (Phi) is 7.25. The van der Waals surface area contributed by atoms with E-state index in [9.17, 15) is 4.79 Å². The van der Waals surface area contributed by atoms with Gasteiger partial charge in [0.1, 0.15) is 0 Å². The van der Waals surface area contributed by atoms with Gasteiger partial charge in [-0.15, -0.1) is 0 Å². The molecule has 0 aromatic heterocycles. The van der Waals surface area contributed by atoms with E-state index < -0.39 is 0 Å². The molecule has 0 bridgehead atoms. The summed E-state index contributed by atoms with van der Waals surface area (Å²) in [4.78, 5) is 11.5. The highest BCUT2D eigenvalue weighted by Gasteiger charge is 2.08. The van der Waals surface area contributed by atoms with Gasteiger partial charge in [-0.2, -0.15) is 0 Å². The lowest BCUT2D eigenvalue weighted by Crippen LogP contribution is -2.15. The van der Waals surface area contributed by atoms with Gasteiger partial charge in [0.2, 0.25) is 0 Å². The maximum Gasteiger partial charge on any atom is 0.344 e. The monoisotopic (exact) mass is 278 g/mol. The summed E-state index contributed by atoms with van der Waals surface area (Å²) in [6.45, 7) is 4.29. The van der Waals surface area contributed by atoms with Crippen LogP contribution in [0.4, 0.5) is 0 Å². The average Bonchev–Trinajstić information content (AvgIpc) is 2.45. The third-order valence-electron chi connectivity index (χ3n) is 2.61. The van der Waals surface area contributed by atoms with Gasteiger partial charge in [-0.3, -0.25) is 0 Å². The largest absolute Gasteiger partial charge is 0.493 e. The van der Waals surface area contributed by atoms with Gasteiger partial charge < -0.3 is 14.2 Å². The Hall–Kier alpha value is -1.97. The van der Waals surface area contributed by atoms with Crippen molar-refractivity contribution in [1.29, 1.82) is 0 Å². The number of rotatable bonds is 8. The lowest BCUT2D eigenvalue weighted by Gasteiger charge is -2.10. The van der Waals surface area contributed by atoms with Gasteiger partial charge in [0.05, 0.1) is 13.7 Å². The highest BCUT2D eigenvalue weighted by molar-refractivity contribution is 5.71. The molecule has 1 aromatic rings. The van der Waals surface area contributed by atoms with Crippen molar-refractivity contribution in [2.75, 3.05) is 20.3 Å². The fourth-order valence-corrected chi connectivity index (χ4v) is 1.60. The summed E-state index contributed by atoms with van der Waals surface area (Å²) >= 11 is 0. The zero-order valence-corrected chi connectivity index (χ0v) is 12.3. The quantitative estimate of drug-likeness (QED) is 0.416. The molecule has 0 spiro atoms. The van der Waals surface area contributed by atoms with Crippen molar-refractivity contribution >= 4 is 5.97 Å². The summed E-state index contributed by atoms with van der Waals surface area (Å²) in [7, 11) is 1.57. The Bertz CT molecular complexity index is 452. The van der Waals surface area contributed by atoms with Crippen LogP contribution in [0.15, 0.2) is 30.4 Å². The summed E-state index contributed by atoms with van der Waals surface area (Å²) in [6, 6.07) is 5.54. The van der Waals surface area contributed by atoms with E-state index in [1.54, 1.807) is 13.2 Å². The van der Waals surface area contributed by atoms with Crippen LogP contribution >= 0.6 is 0 Å². The van der Waals surface area contributed by atoms with Crippen molar-refractivity contribution in [3.05, 3.63) is 35.9 Å². The Labute approximate surface area is 120 Å². The third-order valence-corrected chi connectivity index (χ3v) is 2.61. The molecule has 0 aliphatic heterocycles. The second kappa shape index (κ2) is 9.02. The molecule has 0 saturated heterocycles. The van der Waals surface area contributed by atoms with Crippen LogP contribution in [0.25, 0.3) is 0 Å². The molecule has 1 rings (SSSR count). The predicted molar refractivity (Wildman–Crippen MR) is 78.2 cm³/mol. The van der Waals surface area contributed by atoms with Crippen LogP contribution in [0.3, 0.4) is 0 Å². The Morgan fingerprint density at radius 1 is 1.25 bits per heavy atom. The van der Waals surface area contributed by atoms with Gasteiger partial charge in [-0.05, 0) is 37.5 Å². The molecule has 0 unspecified atom stereocenters. The predicted octanol–water partition coefficient (Wildman–Crippen LogP) is 3.28. The summed E-state index contributed by atoms with van der Waals surface area (Å²) < 4.78 is 15.7. The maximum absolute atomic E-state index is 11.5. The molecule has 4 nitrogen and oxygen atoms in total. The van der Waals surface area contributed by atoms with E-state index >= 15 is 0 Å². The van der Waals surface area contributed by atoms with E-state index in [1.165, 1.54) is 0 Å². The molecule has 1 aromatic carbocycles. The SMILES string of the molecule is CC/C=C/CCOC(=O)COc1ccc(C)cc1OC. The minimum atomic E-state index is -0.377.